The average molecular weight is 256 g/mol. The molecule has 0 atom stereocenters. The average Bonchev–Trinajstić information content (AvgIpc) is 2.64. The number of aromatic nitrogens is 2. The summed E-state index contributed by atoms with van der Waals surface area (Å²) in [5.41, 5.74) is 5.76. The molecule has 0 radical (unpaired) electrons. The van der Waals surface area contributed by atoms with Crippen molar-refractivity contribution in [1.82, 2.24) is 9.97 Å². The molecule has 16 heavy (non-hydrogen) atoms. The molecule has 2 heterocycles. The van der Waals surface area contributed by atoms with Crippen molar-refractivity contribution >= 4 is 34.9 Å². The third-order valence-corrected chi connectivity index (χ3v) is 3.04. The van der Waals surface area contributed by atoms with Gasteiger partial charge < -0.3 is 10.8 Å². The lowest BCUT2D eigenvalue weighted by Gasteiger charge is -2.00. The fraction of sp³-hybridized carbons (Fsp3) is 0. The Morgan fingerprint density at radius 2 is 2.19 bits per heavy atom. The maximum Gasteiger partial charge on any atom is 0.354 e. The van der Waals surface area contributed by atoms with Crippen LogP contribution in [0.2, 0.25) is 4.34 Å². The van der Waals surface area contributed by atoms with Crippen LogP contribution in [0.1, 0.15) is 10.5 Å². The van der Waals surface area contributed by atoms with Gasteiger partial charge in [0, 0.05) is 0 Å². The first-order chi connectivity index (χ1) is 7.56. The lowest BCUT2D eigenvalue weighted by Crippen LogP contribution is -2.05. The van der Waals surface area contributed by atoms with Gasteiger partial charge in [0.1, 0.15) is 0 Å². The molecular formula is C9H6ClN3O2S. The molecule has 0 aromatic carbocycles. The van der Waals surface area contributed by atoms with E-state index < -0.39 is 5.97 Å². The van der Waals surface area contributed by atoms with Gasteiger partial charge in [-0.3, -0.25) is 0 Å². The molecule has 0 aliphatic carbocycles. The molecule has 82 valence electrons. The van der Waals surface area contributed by atoms with Gasteiger partial charge in [0.15, 0.2) is 5.69 Å². The number of hydrogen-bond donors (Lipinski definition) is 2. The molecule has 7 heteroatoms. The molecule has 0 aliphatic rings. The molecule has 0 saturated heterocycles. The number of hydrogen-bond acceptors (Lipinski definition) is 5. The summed E-state index contributed by atoms with van der Waals surface area (Å²) in [4.78, 5) is 19.1. The van der Waals surface area contributed by atoms with Gasteiger partial charge in [-0.1, -0.05) is 11.6 Å². The van der Waals surface area contributed by atoms with E-state index in [-0.39, 0.29) is 11.6 Å². The molecule has 0 aliphatic heterocycles. The Morgan fingerprint density at radius 3 is 2.75 bits per heavy atom. The molecule has 0 bridgehead atoms. The first kappa shape index (κ1) is 10.8. The number of anilines is 1. The maximum atomic E-state index is 10.8. The second-order valence-corrected chi connectivity index (χ2v) is 4.62. The molecule has 0 unspecified atom stereocenters. The summed E-state index contributed by atoms with van der Waals surface area (Å²) < 4.78 is 0.601. The Balaban J connectivity index is 2.53. The smallest absolute Gasteiger partial charge is 0.354 e. The summed E-state index contributed by atoms with van der Waals surface area (Å²) in [5.74, 6) is -1.21. The van der Waals surface area contributed by atoms with Crippen LogP contribution in [-0.4, -0.2) is 21.0 Å². The normalized spacial score (nSPS) is 10.3. The highest BCUT2D eigenvalue weighted by Gasteiger charge is 2.11. The second kappa shape index (κ2) is 4.07. The van der Waals surface area contributed by atoms with Crippen molar-refractivity contribution in [3.05, 3.63) is 28.2 Å². The molecular weight excluding hydrogens is 250 g/mol. The zero-order valence-corrected chi connectivity index (χ0v) is 9.42. The van der Waals surface area contributed by atoms with Crippen LogP contribution in [0.25, 0.3) is 10.6 Å². The van der Waals surface area contributed by atoms with Gasteiger partial charge in [0.25, 0.3) is 0 Å². The monoisotopic (exact) mass is 255 g/mol. The lowest BCUT2D eigenvalue weighted by atomic mass is 10.3. The first-order valence-corrected chi connectivity index (χ1v) is 5.39. The lowest BCUT2D eigenvalue weighted by molar-refractivity contribution is 0.0690. The highest BCUT2D eigenvalue weighted by molar-refractivity contribution is 7.19. The molecule has 0 saturated carbocycles. The summed E-state index contributed by atoms with van der Waals surface area (Å²) >= 11 is 7.08. The van der Waals surface area contributed by atoms with Crippen LogP contribution in [0.4, 0.5) is 5.95 Å². The van der Waals surface area contributed by atoms with Crippen molar-refractivity contribution in [3.8, 4) is 10.6 Å². The van der Waals surface area contributed by atoms with Crippen LogP contribution in [0.3, 0.4) is 0 Å². The fourth-order valence-corrected chi connectivity index (χ4v) is 2.16. The Labute approximate surface area is 99.5 Å². The Kier molecular flexibility index (Phi) is 2.76. The minimum absolute atomic E-state index is 0.0700. The van der Waals surface area contributed by atoms with E-state index in [2.05, 4.69) is 9.97 Å². The van der Waals surface area contributed by atoms with Crippen molar-refractivity contribution in [3.63, 3.8) is 0 Å². The van der Waals surface area contributed by atoms with E-state index in [9.17, 15) is 4.79 Å². The van der Waals surface area contributed by atoms with Crippen LogP contribution in [-0.2, 0) is 0 Å². The van der Waals surface area contributed by atoms with Crippen molar-refractivity contribution in [2.24, 2.45) is 0 Å². The van der Waals surface area contributed by atoms with E-state index in [0.717, 1.165) is 4.88 Å². The van der Waals surface area contributed by atoms with E-state index in [1.54, 1.807) is 12.1 Å². The third kappa shape index (κ3) is 2.12. The van der Waals surface area contributed by atoms with Crippen molar-refractivity contribution in [1.29, 1.82) is 0 Å². The van der Waals surface area contributed by atoms with Gasteiger partial charge in [-0.25, -0.2) is 14.8 Å². The quantitative estimate of drug-likeness (QED) is 0.858. The van der Waals surface area contributed by atoms with Crippen molar-refractivity contribution < 1.29 is 9.90 Å². The molecule has 0 fully saturated rings. The number of aromatic carboxylic acids is 1. The Morgan fingerprint density at radius 1 is 1.44 bits per heavy atom. The minimum Gasteiger partial charge on any atom is -0.477 e. The molecule has 5 nitrogen and oxygen atoms in total. The van der Waals surface area contributed by atoms with E-state index in [4.69, 9.17) is 22.4 Å². The van der Waals surface area contributed by atoms with E-state index >= 15 is 0 Å². The van der Waals surface area contributed by atoms with Gasteiger partial charge in [0.2, 0.25) is 5.95 Å². The molecule has 3 N–H and O–H groups in total. The minimum atomic E-state index is -1.14. The molecule has 0 amide bonds. The van der Waals surface area contributed by atoms with Crippen LogP contribution >= 0.6 is 22.9 Å². The number of nitrogens with zero attached hydrogens (tertiary/aromatic N) is 2. The van der Waals surface area contributed by atoms with Crippen molar-refractivity contribution in [2.45, 2.75) is 0 Å². The van der Waals surface area contributed by atoms with Gasteiger partial charge in [-0.05, 0) is 18.2 Å². The van der Waals surface area contributed by atoms with Crippen LogP contribution < -0.4 is 5.73 Å². The largest absolute Gasteiger partial charge is 0.477 e. The van der Waals surface area contributed by atoms with Crippen LogP contribution in [0, 0.1) is 0 Å². The Bertz CT molecular complexity index is 555. The standard InChI is InChI=1S/C9H6ClN3O2S/c10-7-2-1-6(16-7)4-3-5(8(14)15)13-9(11)12-4/h1-3H,(H,14,15)(H2,11,12,13). The van der Waals surface area contributed by atoms with Crippen LogP contribution in [0.15, 0.2) is 18.2 Å². The first-order valence-electron chi connectivity index (χ1n) is 4.20. The Hall–Kier alpha value is -1.66. The predicted molar refractivity (Wildman–Crippen MR) is 61.7 cm³/mol. The summed E-state index contributed by atoms with van der Waals surface area (Å²) in [6.07, 6.45) is 0. The number of nitrogens with two attached hydrogens (primary N) is 1. The zero-order valence-electron chi connectivity index (χ0n) is 7.85. The van der Waals surface area contributed by atoms with Gasteiger partial charge in [0.05, 0.1) is 14.9 Å². The second-order valence-electron chi connectivity index (χ2n) is 2.91. The third-order valence-electron chi connectivity index (χ3n) is 1.79. The van der Waals surface area contributed by atoms with E-state index in [0.29, 0.717) is 10.0 Å². The van der Waals surface area contributed by atoms with Crippen molar-refractivity contribution in [2.75, 3.05) is 5.73 Å². The zero-order chi connectivity index (χ0) is 11.7. The molecule has 0 spiro atoms. The summed E-state index contributed by atoms with van der Waals surface area (Å²) in [5, 5.41) is 8.82. The highest BCUT2D eigenvalue weighted by Crippen LogP contribution is 2.30. The number of nitrogen functional groups attached to an aromatic ring is 1. The number of rotatable bonds is 2. The number of halogens is 1. The number of thiophene rings is 1. The van der Waals surface area contributed by atoms with E-state index in [1.807, 2.05) is 0 Å². The fourth-order valence-electron chi connectivity index (χ4n) is 1.15. The SMILES string of the molecule is Nc1nc(C(=O)O)cc(-c2ccc(Cl)s2)n1. The molecule has 2 aromatic heterocycles. The summed E-state index contributed by atoms with van der Waals surface area (Å²) in [6, 6.07) is 4.82. The molecule has 2 aromatic rings. The predicted octanol–water partition coefficient (Wildman–Crippen LogP) is 2.14. The number of carboxylic acid groups (broad SMARTS) is 1. The maximum absolute atomic E-state index is 10.8. The topological polar surface area (TPSA) is 89.1 Å². The van der Waals surface area contributed by atoms with E-state index in [1.165, 1.54) is 17.4 Å². The van der Waals surface area contributed by atoms with Gasteiger partial charge in [-0.2, -0.15) is 0 Å². The number of carbonyl (C=O) groups is 1. The molecule has 2 rings (SSSR count). The highest BCUT2D eigenvalue weighted by atomic mass is 35.5. The summed E-state index contributed by atoms with van der Waals surface area (Å²) in [6.45, 7) is 0. The van der Waals surface area contributed by atoms with Gasteiger partial charge in [-0.15, -0.1) is 11.3 Å². The van der Waals surface area contributed by atoms with Gasteiger partial charge >= 0.3 is 5.97 Å². The van der Waals surface area contributed by atoms with Crippen LogP contribution in [0.5, 0.6) is 0 Å². The summed E-state index contributed by atoms with van der Waals surface area (Å²) in [7, 11) is 0. The number of carboxylic acids is 1.